The van der Waals surface area contributed by atoms with Crippen LogP contribution in [0.15, 0.2) is 18.3 Å². The molecule has 1 aromatic rings. The fourth-order valence-corrected chi connectivity index (χ4v) is 0.868. The molecule has 0 spiro atoms. The Balaban J connectivity index is 2.51. The summed E-state index contributed by atoms with van der Waals surface area (Å²) in [6, 6.07) is 3.36. The molecule has 0 aliphatic carbocycles. The first-order chi connectivity index (χ1) is 6.74. The molecule has 14 heavy (non-hydrogen) atoms. The van der Waals surface area contributed by atoms with Crippen molar-refractivity contribution in [1.82, 2.24) is 4.98 Å². The fourth-order valence-electron chi connectivity index (χ4n) is 0.868. The summed E-state index contributed by atoms with van der Waals surface area (Å²) >= 11 is 0. The maximum atomic E-state index is 7.13. The van der Waals surface area contributed by atoms with Crippen molar-refractivity contribution in [2.75, 3.05) is 20.3 Å². The molecular formula is C9H13N3O2. The van der Waals surface area contributed by atoms with Gasteiger partial charge in [-0.25, -0.2) is 4.98 Å². The quantitative estimate of drug-likeness (QED) is 0.404. The van der Waals surface area contributed by atoms with Crippen molar-refractivity contribution in [1.29, 1.82) is 5.41 Å². The summed E-state index contributed by atoms with van der Waals surface area (Å²) in [5.41, 5.74) is 5.69. The van der Waals surface area contributed by atoms with Gasteiger partial charge in [-0.2, -0.15) is 0 Å². The Morgan fingerprint density at radius 3 is 2.79 bits per heavy atom. The van der Waals surface area contributed by atoms with E-state index in [1.807, 2.05) is 0 Å². The van der Waals surface area contributed by atoms with Crippen LogP contribution in [0.3, 0.4) is 0 Å². The number of methoxy groups -OCH3 is 1. The van der Waals surface area contributed by atoms with E-state index in [-0.39, 0.29) is 5.84 Å². The Morgan fingerprint density at radius 2 is 2.29 bits per heavy atom. The van der Waals surface area contributed by atoms with Crippen LogP contribution in [-0.2, 0) is 4.74 Å². The van der Waals surface area contributed by atoms with E-state index in [9.17, 15) is 0 Å². The van der Waals surface area contributed by atoms with Crippen LogP contribution < -0.4 is 10.5 Å². The monoisotopic (exact) mass is 195 g/mol. The van der Waals surface area contributed by atoms with Gasteiger partial charge in [0.15, 0.2) is 0 Å². The van der Waals surface area contributed by atoms with Crippen LogP contribution in [0.4, 0.5) is 0 Å². The third kappa shape index (κ3) is 3.02. The van der Waals surface area contributed by atoms with Gasteiger partial charge in [0.2, 0.25) is 0 Å². The van der Waals surface area contributed by atoms with Crippen molar-refractivity contribution in [2.24, 2.45) is 5.73 Å². The highest BCUT2D eigenvalue weighted by molar-refractivity contribution is 5.92. The highest BCUT2D eigenvalue weighted by Gasteiger charge is 1.98. The SMILES string of the molecule is COCCOc1ccc(C(=N)N)nc1. The summed E-state index contributed by atoms with van der Waals surface area (Å²) in [6.07, 6.45) is 1.53. The molecule has 5 heteroatoms. The lowest BCUT2D eigenvalue weighted by molar-refractivity contribution is 0.146. The van der Waals surface area contributed by atoms with Crippen molar-refractivity contribution in [3.63, 3.8) is 0 Å². The molecule has 1 heterocycles. The second-order valence-corrected chi connectivity index (χ2v) is 2.63. The van der Waals surface area contributed by atoms with Gasteiger partial charge in [-0.1, -0.05) is 0 Å². The highest BCUT2D eigenvalue weighted by atomic mass is 16.5. The topological polar surface area (TPSA) is 81.2 Å². The van der Waals surface area contributed by atoms with Crippen LogP contribution in [0.1, 0.15) is 5.69 Å². The molecule has 0 bridgehead atoms. The molecule has 0 saturated carbocycles. The van der Waals surface area contributed by atoms with E-state index in [0.29, 0.717) is 24.7 Å². The lowest BCUT2D eigenvalue weighted by Gasteiger charge is -2.04. The minimum atomic E-state index is -0.0477. The zero-order valence-electron chi connectivity index (χ0n) is 7.99. The molecule has 1 rings (SSSR count). The Morgan fingerprint density at radius 1 is 1.50 bits per heavy atom. The maximum absolute atomic E-state index is 7.13. The Kier molecular flexibility index (Phi) is 3.87. The molecule has 0 aliphatic heterocycles. The van der Waals surface area contributed by atoms with Gasteiger partial charge in [-0.15, -0.1) is 0 Å². The predicted molar refractivity (Wildman–Crippen MR) is 52.6 cm³/mol. The zero-order valence-corrected chi connectivity index (χ0v) is 7.99. The molecule has 0 amide bonds. The average Bonchev–Trinajstić information content (AvgIpc) is 2.19. The largest absolute Gasteiger partial charge is 0.490 e. The molecule has 0 unspecified atom stereocenters. The van der Waals surface area contributed by atoms with Gasteiger partial charge in [0, 0.05) is 7.11 Å². The molecule has 5 nitrogen and oxygen atoms in total. The van der Waals surface area contributed by atoms with Crippen LogP contribution in [0.25, 0.3) is 0 Å². The second kappa shape index (κ2) is 5.18. The van der Waals surface area contributed by atoms with Crippen molar-refractivity contribution in [3.05, 3.63) is 24.0 Å². The number of pyridine rings is 1. The van der Waals surface area contributed by atoms with Crippen LogP contribution in [0.5, 0.6) is 5.75 Å². The number of rotatable bonds is 5. The molecule has 0 radical (unpaired) electrons. The first kappa shape index (κ1) is 10.5. The maximum Gasteiger partial charge on any atom is 0.141 e. The van der Waals surface area contributed by atoms with E-state index in [0.717, 1.165) is 0 Å². The molecule has 76 valence electrons. The van der Waals surface area contributed by atoms with E-state index in [1.54, 1.807) is 19.2 Å². The number of aromatic nitrogens is 1. The molecule has 0 atom stereocenters. The third-order valence-electron chi connectivity index (χ3n) is 1.57. The van der Waals surface area contributed by atoms with E-state index in [1.165, 1.54) is 6.20 Å². The zero-order chi connectivity index (χ0) is 10.4. The lowest BCUT2D eigenvalue weighted by Crippen LogP contribution is -2.13. The fraction of sp³-hybridized carbons (Fsp3) is 0.333. The standard InChI is InChI=1S/C9H13N3O2/c1-13-4-5-14-7-2-3-8(9(10)11)12-6-7/h2-3,6H,4-5H2,1H3,(H3,10,11). The smallest absolute Gasteiger partial charge is 0.141 e. The minimum absolute atomic E-state index is 0.0477. The van der Waals surface area contributed by atoms with Crippen LogP contribution in [0.2, 0.25) is 0 Å². The van der Waals surface area contributed by atoms with Gasteiger partial charge in [-0.3, -0.25) is 5.41 Å². The molecular weight excluding hydrogens is 182 g/mol. The molecule has 0 aromatic carbocycles. The Hall–Kier alpha value is -1.62. The van der Waals surface area contributed by atoms with E-state index in [4.69, 9.17) is 20.6 Å². The number of ether oxygens (including phenoxy) is 2. The van der Waals surface area contributed by atoms with E-state index >= 15 is 0 Å². The first-order valence-electron chi connectivity index (χ1n) is 4.16. The number of amidine groups is 1. The van der Waals surface area contributed by atoms with Crippen LogP contribution >= 0.6 is 0 Å². The van der Waals surface area contributed by atoms with Crippen LogP contribution in [-0.4, -0.2) is 31.1 Å². The summed E-state index contributed by atoms with van der Waals surface area (Å²) in [5, 5.41) is 7.13. The van der Waals surface area contributed by atoms with Gasteiger partial charge >= 0.3 is 0 Å². The summed E-state index contributed by atoms with van der Waals surface area (Å²) in [5.74, 6) is 0.598. The summed E-state index contributed by atoms with van der Waals surface area (Å²) in [4.78, 5) is 3.94. The van der Waals surface area contributed by atoms with E-state index < -0.39 is 0 Å². The summed E-state index contributed by atoms with van der Waals surface area (Å²) in [6.45, 7) is 1.02. The van der Waals surface area contributed by atoms with Gasteiger partial charge in [0.05, 0.1) is 12.8 Å². The molecule has 0 aliphatic rings. The Labute approximate surface area is 82.4 Å². The molecule has 0 fully saturated rings. The Bertz CT molecular complexity index is 297. The van der Waals surface area contributed by atoms with E-state index in [2.05, 4.69) is 4.98 Å². The van der Waals surface area contributed by atoms with Crippen LogP contribution in [0, 0.1) is 5.41 Å². The minimum Gasteiger partial charge on any atom is -0.490 e. The molecule has 3 N–H and O–H groups in total. The lowest BCUT2D eigenvalue weighted by atomic mass is 10.3. The number of nitrogens with zero attached hydrogens (tertiary/aromatic N) is 1. The first-order valence-corrected chi connectivity index (χ1v) is 4.16. The van der Waals surface area contributed by atoms with Crippen molar-refractivity contribution < 1.29 is 9.47 Å². The number of hydrogen-bond acceptors (Lipinski definition) is 4. The van der Waals surface area contributed by atoms with Crippen molar-refractivity contribution in [3.8, 4) is 5.75 Å². The average molecular weight is 195 g/mol. The van der Waals surface area contributed by atoms with Crippen molar-refractivity contribution >= 4 is 5.84 Å². The summed E-state index contributed by atoms with van der Waals surface area (Å²) < 4.78 is 10.1. The van der Waals surface area contributed by atoms with Gasteiger partial charge in [-0.05, 0) is 12.1 Å². The van der Waals surface area contributed by atoms with Gasteiger partial charge < -0.3 is 15.2 Å². The number of nitrogens with two attached hydrogens (primary N) is 1. The van der Waals surface area contributed by atoms with Crippen molar-refractivity contribution in [2.45, 2.75) is 0 Å². The third-order valence-corrected chi connectivity index (χ3v) is 1.57. The number of nitrogen functional groups attached to an aromatic ring is 1. The summed E-state index contributed by atoms with van der Waals surface area (Å²) in [7, 11) is 1.61. The number of hydrogen-bond donors (Lipinski definition) is 2. The number of nitrogens with one attached hydrogen (secondary N) is 1. The normalized spacial score (nSPS) is 9.79. The van der Waals surface area contributed by atoms with Gasteiger partial charge in [0.25, 0.3) is 0 Å². The highest BCUT2D eigenvalue weighted by Crippen LogP contribution is 2.08. The predicted octanol–water partition coefficient (Wildman–Crippen LogP) is 0.391. The molecule has 0 saturated heterocycles. The molecule has 1 aromatic heterocycles. The second-order valence-electron chi connectivity index (χ2n) is 2.63. The van der Waals surface area contributed by atoms with Gasteiger partial charge in [0.1, 0.15) is 23.9 Å².